The highest BCUT2D eigenvalue weighted by Gasteiger charge is 2.16. The minimum atomic E-state index is -0.375. The summed E-state index contributed by atoms with van der Waals surface area (Å²) < 4.78 is 9.92. The van der Waals surface area contributed by atoms with Crippen molar-refractivity contribution in [2.45, 2.75) is 13.5 Å². The maximum absolute atomic E-state index is 11.1. The molecule has 1 amide bonds. The Balaban J connectivity index is 2.14. The summed E-state index contributed by atoms with van der Waals surface area (Å²) in [5, 5.41) is 2.64. The Morgan fingerprint density at radius 3 is 3.25 bits per heavy atom. The van der Waals surface area contributed by atoms with E-state index < -0.39 is 0 Å². The monoisotopic (exact) mass is 222 g/mol. The zero-order valence-corrected chi connectivity index (χ0v) is 8.65. The van der Waals surface area contributed by atoms with Crippen LogP contribution in [0.4, 0.5) is 5.69 Å². The Hall–Kier alpha value is -2.11. The number of hydrogen-bond acceptors (Lipinski definition) is 5. The van der Waals surface area contributed by atoms with Crippen molar-refractivity contribution in [3.05, 3.63) is 18.0 Å². The van der Waals surface area contributed by atoms with Gasteiger partial charge in [-0.25, -0.2) is 0 Å². The standard InChI is InChI=1S/C10H10N2O4/c1-6(13)15-4-7-2-8-9(3-11-7)16-5-10(14)12-8/h2-3H,4-5H2,1H3,(H,12,14). The van der Waals surface area contributed by atoms with E-state index in [1.807, 2.05) is 0 Å². The lowest BCUT2D eigenvalue weighted by Crippen LogP contribution is -2.25. The normalized spacial score (nSPS) is 13.4. The summed E-state index contributed by atoms with van der Waals surface area (Å²) >= 11 is 0. The van der Waals surface area contributed by atoms with Gasteiger partial charge in [0.25, 0.3) is 5.91 Å². The average Bonchev–Trinajstić information content (AvgIpc) is 2.25. The number of carbonyl (C=O) groups excluding carboxylic acids is 2. The van der Waals surface area contributed by atoms with Crippen molar-refractivity contribution in [1.29, 1.82) is 0 Å². The first-order chi connectivity index (χ1) is 7.65. The number of nitrogens with one attached hydrogen (secondary N) is 1. The Morgan fingerprint density at radius 2 is 2.50 bits per heavy atom. The van der Waals surface area contributed by atoms with Crippen LogP contribution in [0.2, 0.25) is 0 Å². The molecule has 0 aliphatic carbocycles. The molecule has 2 rings (SSSR count). The van der Waals surface area contributed by atoms with E-state index in [2.05, 4.69) is 10.3 Å². The molecule has 0 saturated heterocycles. The number of hydrogen-bond donors (Lipinski definition) is 1. The molecular formula is C10H10N2O4. The van der Waals surface area contributed by atoms with Gasteiger partial charge in [-0.2, -0.15) is 0 Å². The topological polar surface area (TPSA) is 77.5 Å². The molecule has 6 nitrogen and oxygen atoms in total. The minimum absolute atomic E-state index is 0.00201. The fourth-order valence-corrected chi connectivity index (χ4v) is 1.28. The molecule has 2 heterocycles. The minimum Gasteiger partial charge on any atom is -0.480 e. The maximum atomic E-state index is 11.1. The summed E-state index contributed by atoms with van der Waals surface area (Å²) in [4.78, 5) is 25.7. The number of pyridine rings is 1. The molecule has 84 valence electrons. The molecule has 0 saturated carbocycles. The molecule has 1 aliphatic rings. The lowest BCUT2D eigenvalue weighted by atomic mass is 10.3. The molecule has 0 spiro atoms. The van der Waals surface area contributed by atoms with E-state index >= 15 is 0 Å². The molecule has 0 radical (unpaired) electrons. The highest BCUT2D eigenvalue weighted by Crippen LogP contribution is 2.26. The van der Waals surface area contributed by atoms with Crippen LogP contribution in [0.1, 0.15) is 12.6 Å². The smallest absolute Gasteiger partial charge is 0.303 e. The van der Waals surface area contributed by atoms with Crippen LogP contribution < -0.4 is 10.1 Å². The molecule has 0 atom stereocenters. The van der Waals surface area contributed by atoms with Crippen molar-refractivity contribution in [2.24, 2.45) is 0 Å². The fourth-order valence-electron chi connectivity index (χ4n) is 1.28. The number of amides is 1. The Morgan fingerprint density at radius 1 is 1.69 bits per heavy atom. The highest BCUT2D eigenvalue weighted by molar-refractivity contribution is 5.95. The Kier molecular flexibility index (Phi) is 2.72. The first kappa shape index (κ1) is 10.4. The third-order valence-electron chi connectivity index (χ3n) is 1.98. The summed E-state index contributed by atoms with van der Waals surface area (Å²) in [5.41, 5.74) is 1.10. The SMILES string of the molecule is CC(=O)OCc1cc2c(cn1)OCC(=O)N2. The lowest BCUT2D eigenvalue weighted by molar-refractivity contribution is -0.142. The van der Waals surface area contributed by atoms with E-state index in [0.29, 0.717) is 17.1 Å². The second kappa shape index (κ2) is 4.18. The molecule has 0 bridgehead atoms. The lowest BCUT2D eigenvalue weighted by Gasteiger charge is -2.17. The number of anilines is 1. The van der Waals surface area contributed by atoms with Crippen molar-refractivity contribution in [3.63, 3.8) is 0 Å². The molecule has 0 unspecified atom stereocenters. The van der Waals surface area contributed by atoms with Crippen LogP contribution in [0.3, 0.4) is 0 Å². The van der Waals surface area contributed by atoms with Gasteiger partial charge in [-0.3, -0.25) is 14.6 Å². The molecule has 6 heteroatoms. The number of fused-ring (bicyclic) bond motifs is 1. The van der Waals surface area contributed by atoms with Crippen LogP contribution in [0.5, 0.6) is 5.75 Å². The van der Waals surface area contributed by atoms with Gasteiger partial charge < -0.3 is 14.8 Å². The summed E-state index contributed by atoms with van der Waals surface area (Å²) in [5.74, 6) is -0.0666. The van der Waals surface area contributed by atoms with Crippen molar-refractivity contribution < 1.29 is 19.1 Å². The quantitative estimate of drug-likeness (QED) is 0.736. The number of nitrogens with zero attached hydrogens (tertiary/aromatic N) is 1. The van der Waals surface area contributed by atoms with Crippen molar-refractivity contribution in [3.8, 4) is 5.75 Å². The third kappa shape index (κ3) is 2.28. The van der Waals surface area contributed by atoms with E-state index in [-0.39, 0.29) is 25.1 Å². The van der Waals surface area contributed by atoms with Gasteiger partial charge in [0.1, 0.15) is 6.61 Å². The number of ether oxygens (including phenoxy) is 2. The molecule has 0 fully saturated rings. The van der Waals surface area contributed by atoms with Gasteiger partial charge in [-0.05, 0) is 6.07 Å². The van der Waals surface area contributed by atoms with Crippen LogP contribution in [0.15, 0.2) is 12.3 Å². The van der Waals surface area contributed by atoms with Gasteiger partial charge in [0.05, 0.1) is 17.6 Å². The highest BCUT2D eigenvalue weighted by atomic mass is 16.5. The predicted molar refractivity (Wildman–Crippen MR) is 53.8 cm³/mol. The predicted octanol–water partition coefficient (Wildman–Crippen LogP) is 0.476. The van der Waals surface area contributed by atoms with Gasteiger partial charge in [0.2, 0.25) is 0 Å². The van der Waals surface area contributed by atoms with Crippen LogP contribution in [-0.2, 0) is 20.9 Å². The van der Waals surface area contributed by atoms with E-state index in [1.54, 1.807) is 6.07 Å². The number of esters is 1. The third-order valence-corrected chi connectivity index (χ3v) is 1.98. The second-order valence-electron chi connectivity index (χ2n) is 3.29. The first-order valence-corrected chi connectivity index (χ1v) is 4.70. The number of rotatable bonds is 2. The Bertz CT molecular complexity index is 444. The summed E-state index contributed by atoms with van der Waals surface area (Å²) in [6.07, 6.45) is 1.49. The van der Waals surface area contributed by atoms with Gasteiger partial charge in [0.15, 0.2) is 12.4 Å². The molecular weight excluding hydrogens is 212 g/mol. The van der Waals surface area contributed by atoms with Crippen LogP contribution in [-0.4, -0.2) is 23.5 Å². The fraction of sp³-hybridized carbons (Fsp3) is 0.300. The van der Waals surface area contributed by atoms with Gasteiger partial charge in [-0.15, -0.1) is 0 Å². The number of aromatic nitrogens is 1. The summed E-state index contributed by atoms with van der Waals surface area (Å²) in [6, 6.07) is 1.62. The van der Waals surface area contributed by atoms with Gasteiger partial charge in [-0.1, -0.05) is 0 Å². The zero-order chi connectivity index (χ0) is 11.5. The van der Waals surface area contributed by atoms with Crippen LogP contribution in [0.25, 0.3) is 0 Å². The number of carbonyl (C=O) groups is 2. The van der Waals surface area contributed by atoms with E-state index in [0.717, 1.165) is 0 Å². The largest absolute Gasteiger partial charge is 0.480 e. The first-order valence-electron chi connectivity index (χ1n) is 4.70. The van der Waals surface area contributed by atoms with Crippen molar-refractivity contribution in [1.82, 2.24) is 4.98 Å². The van der Waals surface area contributed by atoms with Gasteiger partial charge >= 0.3 is 5.97 Å². The van der Waals surface area contributed by atoms with Crippen LogP contribution in [0, 0.1) is 0 Å². The van der Waals surface area contributed by atoms with E-state index in [9.17, 15) is 9.59 Å². The summed E-state index contributed by atoms with van der Waals surface area (Å²) in [6.45, 7) is 1.40. The van der Waals surface area contributed by atoms with Crippen LogP contribution >= 0.6 is 0 Å². The van der Waals surface area contributed by atoms with Crippen molar-refractivity contribution in [2.75, 3.05) is 11.9 Å². The molecule has 1 aromatic heterocycles. The maximum Gasteiger partial charge on any atom is 0.303 e. The molecule has 1 N–H and O–H groups in total. The Labute approximate surface area is 91.6 Å². The molecule has 1 aliphatic heterocycles. The van der Waals surface area contributed by atoms with Gasteiger partial charge in [0, 0.05) is 6.92 Å². The molecule has 16 heavy (non-hydrogen) atoms. The molecule has 1 aromatic rings. The summed E-state index contributed by atoms with van der Waals surface area (Å²) in [7, 11) is 0. The average molecular weight is 222 g/mol. The second-order valence-corrected chi connectivity index (χ2v) is 3.29. The zero-order valence-electron chi connectivity index (χ0n) is 8.65. The van der Waals surface area contributed by atoms with Crippen molar-refractivity contribution >= 4 is 17.6 Å². The molecule has 0 aromatic carbocycles. The van der Waals surface area contributed by atoms with E-state index in [1.165, 1.54) is 13.1 Å². The van der Waals surface area contributed by atoms with E-state index in [4.69, 9.17) is 9.47 Å².